The van der Waals surface area contributed by atoms with E-state index in [1.54, 1.807) is 25.1 Å². The maximum Gasteiger partial charge on any atom is 0.290 e. The number of carbonyl (C=O) groups is 2. The average Bonchev–Trinajstić information content (AvgIpc) is 2.29. The lowest BCUT2D eigenvalue weighted by molar-refractivity contribution is -0.124. The van der Waals surface area contributed by atoms with E-state index in [9.17, 15) is 9.59 Å². The van der Waals surface area contributed by atoms with E-state index in [0.717, 1.165) is 10.5 Å². The summed E-state index contributed by atoms with van der Waals surface area (Å²) < 4.78 is 5.41. The summed E-state index contributed by atoms with van der Waals surface area (Å²) >= 11 is 3.71. The van der Waals surface area contributed by atoms with E-state index in [4.69, 9.17) is 10.5 Å². The number of rotatable bonds is 1. The van der Waals surface area contributed by atoms with Crippen LogP contribution in [0.25, 0.3) is 0 Å². The molecule has 2 amide bonds. The zero-order chi connectivity index (χ0) is 12.6. The van der Waals surface area contributed by atoms with E-state index >= 15 is 0 Å². The molecule has 1 atom stereocenters. The van der Waals surface area contributed by atoms with Gasteiger partial charge in [0, 0.05) is 6.54 Å². The summed E-state index contributed by atoms with van der Waals surface area (Å²) in [6, 6.07) is 5.15. The first-order chi connectivity index (χ1) is 8.04. The predicted molar refractivity (Wildman–Crippen MR) is 66.3 cm³/mol. The van der Waals surface area contributed by atoms with Crippen LogP contribution >= 0.6 is 12.6 Å². The van der Waals surface area contributed by atoms with Gasteiger partial charge in [0.05, 0.1) is 5.69 Å². The fourth-order valence-electron chi connectivity index (χ4n) is 1.70. The molecule has 0 radical (unpaired) electrons. The smallest absolute Gasteiger partial charge is 0.290 e. The van der Waals surface area contributed by atoms with E-state index < -0.39 is 17.3 Å². The third-order valence-corrected chi connectivity index (χ3v) is 2.76. The molecular weight excluding hydrogens is 240 g/mol. The molecule has 1 unspecified atom stereocenters. The third kappa shape index (κ3) is 2.01. The van der Waals surface area contributed by atoms with Crippen LogP contribution in [0.2, 0.25) is 0 Å². The van der Waals surface area contributed by atoms with E-state index in [0.29, 0.717) is 18.0 Å². The number of carbonyl (C=O) groups excluding carboxylic acids is 2. The Kier molecular flexibility index (Phi) is 3.08. The monoisotopic (exact) mass is 252 g/mol. The minimum absolute atomic E-state index is 0.325. The first-order valence-corrected chi connectivity index (χ1v) is 5.56. The average molecular weight is 252 g/mol. The van der Waals surface area contributed by atoms with Crippen molar-refractivity contribution in [2.45, 2.75) is 19.6 Å². The van der Waals surface area contributed by atoms with Crippen LogP contribution in [0, 0.1) is 0 Å². The highest BCUT2D eigenvalue weighted by Crippen LogP contribution is 2.35. The Labute approximate surface area is 104 Å². The molecule has 5 nitrogen and oxygen atoms in total. The van der Waals surface area contributed by atoms with Gasteiger partial charge in [-0.3, -0.25) is 9.59 Å². The van der Waals surface area contributed by atoms with Gasteiger partial charge in [0.1, 0.15) is 5.75 Å². The van der Waals surface area contributed by atoms with Crippen LogP contribution < -0.4 is 15.4 Å². The second kappa shape index (κ2) is 4.38. The summed E-state index contributed by atoms with van der Waals surface area (Å²) in [5.74, 6) is 0.0587. The van der Waals surface area contributed by atoms with Gasteiger partial charge < -0.3 is 10.5 Å². The van der Waals surface area contributed by atoms with Crippen LogP contribution in [-0.4, -0.2) is 17.3 Å². The van der Waals surface area contributed by atoms with Crippen LogP contribution in [0.4, 0.5) is 10.5 Å². The number of benzene rings is 1. The highest BCUT2D eigenvalue weighted by atomic mass is 32.1. The minimum Gasteiger partial charge on any atom is -0.479 e. The van der Waals surface area contributed by atoms with Crippen molar-refractivity contribution < 1.29 is 14.3 Å². The van der Waals surface area contributed by atoms with Crippen molar-refractivity contribution in [3.05, 3.63) is 23.8 Å². The zero-order valence-corrected chi connectivity index (χ0v) is 10.1. The molecule has 17 heavy (non-hydrogen) atoms. The third-order valence-electron chi connectivity index (χ3n) is 2.56. The Morgan fingerprint density at radius 2 is 2.29 bits per heavy atom. The molecule has 1 aliphatic heterocycles. The molecule has 2 N–H and O–H groups in total. The predicted octanol–water partition coefficient (Wildman–Crippen LogP) is 1.31. The molecule has 1 aliphatic rings. The molecule has 0 spiro atoms. The highest BCUT2D eigenvalue weighted by Gasteiger charge is 2.34. The van der Waals surface area contributed by atoms with Gasteiger partial charge in [-0.1, -0.05) is 18.7 Å². The lowest BCUT2D eigenvalue weighted by atomic mass is 10.1. The molecule has 90 valence electrons. The normalized spacial score (nSPS) is 18.6. The molecular formula is C11H12N2O3S. The quantitative estimate of drug-likeness (QED) is 0.739. The van der Waals surface area contributed by atoms with Gasteiger partial charge in [0.2, 0.25) is 0 Å². The Balaban J connectivity index is 2.55. The Morgan fingerprint density at radius 1 is 1.59 bits per heavy atom. The summed E-state index contributed by atoms with van der Waals surface area (Å²) in [6.45, 7) is 1.91. The molecule has 6 heteroatoms. The van der Waals surface area contributed by atoms with Crippen molar-refractivity contribution in [1.82, 2.24) is 0 Å². The topological polar surface area (TPSA) is 72.6 Å². The minimum atomic E-state index is -0.692. The highest BCUT2D eigenvalue weighted by molar-refractivity contribution is 7.97. The molecule has 2 rings (SSSR count). The number of anilines is 1. The van der Waals surface area contributed by atoms with E-state index in [1.807, 2.05) is 0 Å². The maximum atomic E-state index is 11.8. The van der Waals surface area contributed by atoms with Crippen molar-refractivity contribution >= 4 is 29.5 Å². The van der Waals surface area contributed by atoms with Gasteiger partial charge in [-0.25, -0.2) is 4.90 Å². The summed E-state index contributed by atoms with van der Waals surface area (Å²) in [4.78, 5) is 24.2. The van der Waals surface area contributed by atoms with E-state index in [2.05, 4.69) is 12.6 Å². The van der Waals surface area contributed by atoms with Gasteiger partial charge in [-0.2, -0.15) is 0 Å². The first-order valence-electron chi connectivity index (χ1n) is 5.11. The summed E-state index contributed by atoms with van der Waals surface area (Å²) in [6.07, 6.45) is -0.692. The lowest BCUT2D eigenvalue weighted by Gasteiger charge is -2.30. The fraction of sp³-hybridized carbons (Fsp3) is 0.273. The molecule has 1 heterocycles. The van der Waals surface area contributed by atoms with Gasteiger partial charge in [0.15, 0.2) is 6.10 Å². The van der Waals surface area contributed by atoms with Crippen molar-refractivity contribution in [1.29, 1.82) is 0 Å². The summed E-state index contributed by atoms with van der Waals surface area (Å²) in [5.41, 5.74) is 6.73. The number of thiol groups is 1. The van der Waals surface area contributed by atoms with Crippen LogP contribution in [0.15, 0.2) is 18.2 Å². The van der Waals surface area contributed by atoms with E-state index in [-0.39, 0.29) is 0 Å². The molecule has 0 aliphatic carbocycles. The maximum absolute atomic E-state index is 11.8. The Hall–Kier alpha value is -1.53. The zero-order valence-electron chi connectivity index (χ0n) is 9.21. The molecule has 0 fully saturated rings. The summed E-state index contributed by atoms with van der Waals surface area (Å²) in [5, 5.41) is -0.624. The Bertz CT molecular complexity index is 490. The molecule has 1 aromatic carbocycles. The fourth-order valence-corrected chi connectivity index (χ4v) is 1.91. The van der Waals surface area contributed by atoms with Gasteiger partial charge in [-0.15, -0.1) is 0 Å². The molecule has 0 aromatic heterocycles. The molecule has 0 saturated heterocycles. The SMILES string of the molecule is CC1Oc2ccc(CN)cc2N(C(=O)S)C1=O. The van der Waals surface area contributed by atoms with Crippen molar-refractivity contribution in [3.63, 3.8) is 0 Å². The number of amides is 2. The van der Waals surface area contributed by atoms with Crippen molar-refractivity contribution in [3.8, 4) is 5.75 Å². The van der Waals surface area contributed by atoms with Crippen LogP contribution in [0.3, 0.4) is 0 Å². The largest absolute Gasteiger partial charge is 0.479 e. The second-order valence-electron chi connectivity index (χ2n) is 3.72. The van der Waals surface area contributed by atoms with Crippen molar-refractivity contribution in [2.24, 2.45) is 5.73 Å². The number of imide groups is 1. The number of ether oxygens (including phenoxy) is 1. The number of fused-ring (bicyclic) bond motifs is 1. The Morgan fingerprint density at radius 3 is 2.88 bits per heavy atom. The number of hydrogen-bond acceptors (Lipinski definition) is 4. The van der Waals surface area contributed by atoms with Crippen LogP contribution in [-0.2, 0) is 11.3 Å². The van der Waals surface area contributed by atoms with Gasteiger partial charge in [0.25, 0.3) is 11.1 Å². The van der Waals surface area contributed by atoms with Gasteiger partial charge in [-0.05, 0) is 24.6 Å². The molecule has 0 saturated carbocycles. The standard InChI is InChI=1S/C11H12N2O3S/c1-6-10(14)13(11(15)17)8-4-7(5-12)2-3-9(8)16-6/h2-4,6H,5,12H2,1H3,(H,15,17). The molecule has 0 bridgehead atoms. The molecule has 1 aromatic rings. The van der Waals surface area contributed by atoms with Crippen LogP contribution in [0.5, 0.6) is 5.75 Å². The number of nitrogens with zero attached hydrogens (tertiary/aromatic N) is 1. The van der Waals surface area contributed by atoms with Crippen molar-refractivity contribution in [2.75, 3.05) is 4.90 Å². The van der Waals surface area contributed by atoms with Crippen LogP contribution in [0.1, 0.15) is 12.5 Å². The number of hydrogen-bond donors (Lipinski definition) is 2. The second-order valence-corrected chi connectivity index (χ2v) is 4.11. The first kappa shape index (κ1) is 11.9. The van der Waals surface area contributed by atoms with Gasteiger partial charge >= 0.3 is 0 Å². The summed E-state index contributed by atoms with van der Waals surface area (Å²) in [7, 11) is 0. The van der Waals surface area contributed by atoms with E-state index in [1.165, 1.54) is 0 Å². The lowest BCUT2D eigenvalue weighted by Crippen LogP contribution is -2.45. The number of nitrogens with two attached hydrogens (primary N) is 1.